The maximum atomic E-state index is 12.0. The number of hydrogen-bond donors (Lipinski definition) is 0. The van der Waals surface area contributed by atoms with Crippen LogP contribution < -0.4 is 0 Å². The summed E-state index contributed by atoms with van der Waals surface area (Å²) in [7, 11) is 1.82. The van der Waals surface area contributed by atoms with Crippen molar-refractivity contribution in [1.29, 1.82) is 0 Å². The number of rotatable bonds is 3. The van der Waals surface area contributed by atoms with Crippen molar-refractivity contribution in [3.05, 3.63) is 51.2 Å². The summed E-state index contributed by atoms with van der Waals surface area (Å²) in [4.78, 5) is 12.0. The molecule has 0 radical (unpaired) electrons. The molecule has 0 saturated carbocycles. The number of benzene rings is 1. The molecule has 1 heterocycles. The Kier molecular flexibility index (Phi) is 3.64. The first-order chi connectivity index (χ1) is 8.04. The van der Waals surface area contributed by atoms with Crippen LogP contribution in [0.5, 0.6) is 0 Å². The Hall–Kier alpha value is -1.13. The van der Waals surface area contributed by atoms with Crippen LogP contribution in [0.25, 0.3) is 0 Å². The third kappa shape index (κ3) is 3.17. The van der Waals surface area contributed by atoms with Gasteiger partial charge in [0, 0.05) is 28.3 Å². The molecule has 1 aromatic carbocycles. The molecule has 0 N–H and O–H groups in total. The standard InChI is InChI=1S/C12H10BrClN2O/c1-16-3-2-11(15-16)7-12(17)8-4-9(13)6-10(14)5-8/h2-6H,7H2,1H3. The SMILES string of the molecule is Cn1ccc(CC(=O)c2cc(Cl)cc(Br)c2)n1. The number of aryl methyl sites for hydroxylation is 1. The summed E-state index contributed by atoms with van der Waals surface area (Å²) in [5, 5.41) is 4.72. The van der Waals surface area contributed by atoms with Gasteiger partial charge in [-0.15, -0.1) is 0 Å². The van der Waals surface area contributed by atoms with E-state index in [0.29, 0.717) is 10.6 Å². The van der Waals surface area contributed by atoms with Gasteiger partial charge in [-0.3, -0.25) is 9.48 Å². The molecule has 5 heteroatoms. The summed E-state index contributed by atoms with van der Waals surface area (Å²) >= 11 is 9.21. The van der Waals surface area contributed by atoms with E-state index in [2.05, 4.69) is 21.0 Å². The van der Waals surface area contributed by atoms with E-state index in [-0.39, 0.29) is 12.2 Å². The lowest BCUT2D eigenvalue weighted by Gasteiger charge is -2.01. The molecular formula is C12H10BrClN2O. The lowest BCUT2D eigenvalue weighted by Crippen LogP contribution is -2.04. The van der Waals surface area contributed by atoms with Gasteiger partial charge >= 0.3 is 0 Å². The molecule has 0 unspecified atom stereocenters. The lowest BCUT2D eigenvalue weighted by molar-refractivity contribution is 0.0991. The van der Waals surface area contributed by atoms with E-state index in [9.17, 15) is 4.79 Å². The van der Waals surface area contributed by atoms with Crippen molar-refractivity contribution >= 4 is 33.3 Å². The molecule has 0 spiro atoms. The van der Waals surface area contributed by atoms with Crippen LogP contribution in [0.4, 0.5) is 0 Å². The summed E-state index contributed by atoms with van der Waals surface area (Å²) < 4.78 is 2.48. The van der Waals surface area contributed by atoms with Crippen molar-refractivity contribution in [2.75, 3.05) is 0 Å². The highest BCUT2D eigenvalue weighted by Gasteiger charge is 2.10. The van der Waals surface area contributed by atoms with Gasteiger partial charge in [-0.05, 0) is 24.3 Å². The fourth-order valence-electron chi connectivity index (χ4n) is 1.54. The number of halogens is 2. The van der Waals surface area contributed by atoms with Crippen molar-refractivity contribution in [3.63, 3.8) is 0 Å². The highest BCUT2D eigenvalue weighted by atomic mass is 79.9. The second-order valence-electron chi connectivity index (χ2n) is 3.74. The molecule has 0 bridgehead atoms. The Bertz CT molecular complexity index is 545. The average Bonchev–Trinajstić information content (AvgIpc) is 2.62. The van der Waals surface area contributed by atoms with Crippen LogP contribution in [-0.2, 0) is 13.5 Å². The van der Waals surface area contributed by atoms with Crippen LogP contribution in [0.1, 0.15) is 16.1 Å². The van der Waals surface area contributed by atoms with E-state index in [4.69, 9.17) is 11.6 Å². The number of ketones is 1. The lowest BCUT2D eigenvalue weighted by atomic mass is 10.1. The second kappa shape index (κ2) is 5.02. The molecule has 88 valence electrons. The zero-order valence-corrected chi connectivity index (χ0v) is 11.5. The Balaban J connectivity index is 2.19. The van der Waals surface area contributed by atoms with E-state index < -0.39 is 0 Å². The first-order valence-electron chi connectivity index (χ1n) is 5.02. The maximum Gasteiger partial charge on any atom is 0.168 e. The monoisotopic (exact) mass is 312 g/mol. The van der Waals surface area contributed by atoms with Gasteiger partial charge in [0.05, 0.1) is 12.1 Å². The first-order valence-corrected chi connectivity index (χ1v) is 6.19. The summed E-state index contributed by atoms with van der Waals surface area (Å²) in [6, 6.07) is 7.01. The Morgan fingerprint density at radius 2 is 2.24 bits per heavy atom. The minimum atomic E-state index is 0.00639. The maximum absolute atomic E-state index is 12.0. The molecular weight excluding hydrogens is 304 g/mol. The smallest absolute Gasteiger partial charge is 0.168 e. The molecule has 0 atom stereocenters. The molecule has 3 nitrogen and oxygen atoms in total. The van der Waals surface area contributed by atoms with Gasteiger partial charge in [-0.25, -0.2) is 0 Å². The zero-order chi connectivity index (χ0) is 12.4. The molecule has 0 saturated heterocycles. The van der Waals surface area contributed by atoms with E-state index in [1.165, 1.54) is 0 Å². The topological polar surface area (TPSA) is 34.9 Å². The van der Waals surface area contributed by atoms with Crippen LogP contribution in [-0.4, -0.2) is 15.6 Å². The number of aromatic nitrogens is 2. The summed E-state index contributed by atoms with van der Waals surface area (Å²) in [6.45, 7) is 0. The van der Waals surface area contributed by atoms with Gasteiger partial charge in [0.25, 0.3) is 0 Å². The first kappa shape index (κ1) is 12.3. The van der Waals surface area contributed by atoms with Crippen LogP contribution >= 0.6 is 27.5 Å². The zero-order valence-electron chi connectivity index (χ0n) is 9.15. The van der Waals surface area contributed by atoms with E-state index in [1.807, 2.05) is 19.3 Å². The summed E-state index contributed by atoms with van der Waals surface area (Å²) in [5.74, 6) is 0.00639. The third-order valence-corrected chi connectivity index (χ3v) is 2.97. The van der Waals surface area contributed by atoms with Crippen LogP contribution in [0.15, 0.2) is 34.9 Å². The van der Waals surface area contributed by atoms with Gasteiger partial charge in [0.1, 0.15) is 0 Å². The molecule has 1 aromatic heterocycles. The predicted molar refractivity (Wildman–Crippen MR) is 70.4 cm³/mol. The highest BCUT2D eigenvalue weighted by Crippen LogP contribution is 2.20. The molecule has 0 fully saturated rings. The minimum absolute atomic E-state index is 0.00639. The Morgan fingerprint density at radius 1 is 1.47 bits per heavy atom. The van der Waals surface area contributed by atoms with Crippen molar-refractivity contribution in [1.82, 2.24) is 9.78 Å². The quantitative estimate of drug-likeness (QED) is 0.815. The molecule has 2 aromatic rings. The van der Waals surface area contributed by atoms with Crippen LogP contribution in [0.2, 0.25) is 5.02 Å². The van der Waals surface area contributed by atoms with Gasteiger partial charge < -0.3 is 0 Å². The number of carbonyl (C=O) groups is 1. The van der Waals surface area contributed by atoms with Gasteiger partial charge in [-0.2, -0.15) is 5.10 Å². The van der Waals surface area contributed by atoms with Crippen molar-refractivity contribution in [2.45, 2.75) is 6.42 Å². The van der Waals surface area contributed by atoms with E-state index >= 15 is 0 Å². The van der Waals surface area contributed by atoms with Gasteiger partial charge in [0.2, 0.25) is 0 Å². The average molecular weight is 314 g/mol. The van der Waals surface area contributed by atoms with Gasteiger partial charge in [0.15, 0.2) is 5.78 Å². The van der Waals surface area contributed by atoms with Crippen LogP contribution in [0.3, 0.4) is 0 Å². The predicted octanol–water partition coefficient (Wildman–Crippen LogP) is 3.26. The summed E-state index contributed by atoms with van der Waals surface area (Å²) in [6.07, 6.45) is 2.10. The summed E-state index contributed by atoms with van der Waals surface area (Å²) in [5.41, 5.74) is 1.35. The molecule has 17 heavy (non-hydrogen) atoms. The molecule has 0 amide bonds. The fraction of sp³-hybridized carbons (Fsp3) is 0.167. The molecule has 0 aliphatic rings. The number of hydrogen-bond acceptors (Lipinski definition) is 2. The fourth-order valence-corrected chi connectivity index (χ4v) is 2.40. The Morgan fingerprint density at radius 3 is 2.82 bits per heavy atom. The molecule has 0 aliphatic heterocycles. The third-order valence-electron chi connectivity index (χ3n) is 2.30. The van der Waals surface area contributed by atoms with Crippen molar-refractivity contribution in [3.8, 4) is 0 Å². The largest absolute Gasteiger partial charge is 0.294 e. The minimum Gasteiger partial charge on any atom is -0.294 e. The Labute approximate surface area is 113 Å². The van der Waals surface area contributed by atoms with E-state index in [0.717, 1.165) is 10.2 Å². The number of nitrogens with zero attached hydrogens (tertiary/aromatic N) is 2. The van der Waals surface area contributed by atoms with Crippen molar-refractivity contribution in [2.24, 2.45) is 7.05 Å². The van der Waals surface area contributed by atoms with Gasteiger partial charge in [-0.1, -0.05) is 27.5 Å². The van der Waals surface area contributed by atoms with E-state index in [1.54, 1.807) is 22.9 Å². The van der Waals surface area contributed by atoms with Crippen molar-refractivity contribution < 1.29 is 4.79 Å². The molecule has 2 rings (SSSR count). The number of Topliss-reactive ketones (excluding diaryl/α,β-unsaturated/α-hetero) is 1. The highest BCUT2D eigenvalue weighted by molar-refractivity contribution is 9.10. The number of carbonyl (C=O) groups excluding carboxylic acids is 1. The normalized spacial score (nSPS) is 10.5. The molecule has 0 aliphatic carbocycles. The van der Waals surface area contributed by atoms with Crippen LogP contribution in [0, 0.1) is 0 Å². The second-order valence-corrected chi connectivity index (χ2v) is 5.09.